The van der Waals surface area contributed by atoms with Crippen molar-refractivity contribution in [2.75, 3.05) is 0 Å². The predicted octanol–water partition coefficient (Wildman–Crippen LogP) is 8.08. The Hall–Kier alpha value is 0.0506. The summed E-state index contributed by atoms with van der Waals surface area (Å²) in [7, 11) is -6.22. The normalized spacial score (nSPS) is 31.4. The van der Waals surface area contributed by atoms with Crippen LogP contribution in [0.2, 0.25) is 38.8 Å². The van der Waals surface area contributed by atoms with Gasteiger partial charge in [0.1, 0.15) is 0 Å². The second kappa shape index (κ2) is 8.77. The van der Waals surface area contributed by atoms with Crippen LogP contribution in [0.3, 0.4) is 0 Å². The summed E-state index contributed by atoms with van der Waals surface area (Å²) >= 11 is 0. The minimum atomic E-state index is -2.36. The molecule has 30 heavy (non-hydrogen) atoms. The molecule has 0 aromatic heterocycles. The molecule has 3 aliphatic rings. The van der Waals surface area contributed by atoms with Crippen molar-refractivity contribution in [1.82, 2.24) is 0 Å². The second-order valence-corrected chi connectivity index (χ2v) is 24.5. The molecule has 3 rings (SSSR count). The van der Waals surface area contributed by atoms with Crippen LogP contribution in [0, 0.1) is 34.5 Å². The summed E-state index contributed by atoms with van der Waals surface area (Å²) in [4.78, 5) is 0. The van der Waals surface area contributed by atoms with E-state index < -0.39 is 25.2 Å². The maximum Gasteiger partial charge on any atom is 0.315 e. The SMILES string of the molecule is C=C[Si](C)(C)O[Si](C)(CC1CC(C)(CCC(C)C)C2CC1C2(C)C)O[Si](C)(C)C=C. The van der Waals surface area contributed by atoms with Gasteiger partial charge in [0.05, 0.1) is 0 Å². The van der Waals surface area contributed by atoms with Gasteiger partial charge < -0.3 is 8.23 Å². The van der Waals surface area contributed by atoms with E-state index in [0.717, 1.165) is 23.8 Å². The summed E-state index contributed by atoms with van der Waals surface area (Å²) in [6, 6.07) is 1.12. The first-order valence-electron chi connectivity index (χ1n) is 12.2. The van der Waals surface area contributed by atoms with E-state index in [2.05, 4.69) is 91.9 Å². The molecule has 3 aliphatic carbocycles. The van der Waals surface area contributed by atoms with Crippen LogP contribution in [0.4, 0.5) is 0 Å². The highest BCUT2D eigenvalue weighted by Crippen LogP contribution is 2.70. The van der Waals surface area contributed by atoms with Gasteiger partial charge in [0.2, 0.25) is 0 Å². The van der Waals surface area contributed by atoms with Crippen LogP contribution in [0.5, 0.6) is 0 Å². The second-order valence-electron chi connectivity index (χ2n) is 12.9. The first kappa shape index (κ1) is 26.3. The molecule has 0 heterocycles. The molecule has 174 valence electrons. The quantitative estimate of drug-likeness (QED) is 0.286. The zero-order valence-corrected chi connectivity index (χ0v) is 24.7. The minimum Gasteiger partial charge on any atom is -0.433 e. The van der Waals surface area contributed by atoms with E-state index in [1.807, 2.05) is 0 Å². The molecule has 3 fully saturated rings. The molecule has 4 unspecified atom stereocenters. The summed E-state index contributed by atoms with van der Waals surface area (Å²) in [5, 5.41) is 0. The Kier molecular flexibility index (Phi) is 7.69. The zero-order valence-electron chi connectivity index (χ0n) is 21.7. The van der Waals surface area contributed by atoms with Crippen LogP contribution >= 0.6 is 0 Å². The smallest absolute Gasteiger partial charge is 0.315 e. The molecule has 4 atom stereocenters. The van der Waals surface area contributed by atoms with Crippen molar-refractivity contribution in [2.45, 2.75) is 99.1 Å². The Morgan fingerprint density at radius 1 is 0.967 bits per heavy atom. The van der Waals surface area contributed by atoms with Gasteiger partial charge in [-0.3, -0.25) is 0 Å². The molecule has 0 spiro atoms. The van der Waals surface area contributed by atoms with Crippen LogP contribution < -0.4 is 0 Å². The summed E-state index contributed by atoms with van der Waals surface area (Å²) in [5.41, 5.74) is 5.04. The van der Waals surface area contributed by atoms with E-state index in [1.165, 1.54) is 25.7 Å². The standard InChI is InChI=1S/C25H50O2Si3/c1-13-28(8,9)26-30(12,27-29(10,11)14-2)19-21-18-25(7,16-15-20(3)4)23-17-22(21)24(23,5)6/h13-14,20-23H,1-2,15-19H2,3-12H3. The van der Waals surface area contributed by atoms with Gasteiger partial charge in [-0.1, -0.05) is 52.4 Å². The van der Waals surface area contributed by atoms with Gasteiger partial charge in [-0.2, -0.15) is 0 Å². The van der Waals surface area contributed by atoms with Crippen molar-refractivity contribution in [3.8, 4) is 0 Å². The topological polar surface area (TPSA) is 18.5 Å². The molecule has 5 heteroatoms. The Balaban J connectivity index is 2.31. The third-order valence-corrected chi connectivity index (χ3v) is 19.2. The van der Waals surface area contributed by atoms with Crippen molar-refractivity contribution < 1.29 is 8.23 Å². The Morgan fingerprint density at radius 2 is 1.47 bits per heavy atom. The molecular weight excluding hydrogens is 417 g/mol. The Labute approximate surface area is 191 Å². The fourth-order valence-electron chi connectivity index (χ4n) is 6.71. The molecule has 0 N–H and O–H groups in total. The average molecular weight is 467 g/mol. The summed E-state index contributed by atoms with van der Waals surface area (Å²) in [6.07, 6.45) is 5.46. The maximum absolute atomic E-state index is 6.94. The first-order valence-corrected chi connectivity index (χ1v) is 20.7. The van der Waals surface area contributed by atoms with E-state index in [-0.39, 0.29) is 0 Å². The molecule has 0 aromatic rings. The molecular formula is C25H50O2Si3. The van der Waals surface area contributed by atoms with Gasteiger partial charge in [0, 0.05) is 0 Å². The highest BCUT2D eigenvalue weighted by molar-refractivity contribution is 6.91. The number of hydrogen-bond donors (Lipinski definition) is 0. The van der Waals surface area contributed by atoms with Gasteiger partial charge in [0.25, 0.3) is 0 Å². The average Bonchev–Trinajstić information content (AvgIpc) is 2.57. The van der Waals surface area contributed by atoms with Crippen molar-refractivity contribution in [2.24, 2.45) is 34.5 Å². The molecule has 0 radical (unpaired) electrons. The lowest BCUT2D eigenvalue weighted by Gasteiger charge is -2.68. The zero-order chi connectivity index (χ0) is 23.2. The monoisotopic (exact) mass is 466 g/mol. The number of rotatable bonds is 11. The van der Waals surface area contributed by atoms with Crippen LogP contribution in [0.1, 0.15) is 60.3 Å². The van der Waals surface area contributed by atoms with Crippen molar-refractivity contribution in [3.05, 3.63) is 24.6 Å². The van der Waals surface area contributed by atoms with E-state index in [0.29, 0.717) is 16.7 Å². The van der Waals surface area contributed by atoms with Crippen LogP contribution in [-0.4, -0.2) is 25.2 Å². The third kappa shape index (κ3) is 5.69. The minimum absolute atomic E-state index is 0.445. The van der Waals surface area contributed by atoms with Crippen molar-refractivity contribution in [3.63, 3.8) is 0 Å². The fourth-order valence-corrected chi connectivity index (χ4v) is 18.9. The predicted molar refractivity (Wildman–Crippen MR) is 140 cm³/mol. The Bertz CT molecular complexity index is 618. The largest absolute Gasteiger partial charge is 0.433 e. The van der Waals surface area contributed by atoms with E-state index in [9.17, 15) is 0 Å². The molecule has 2 bridgehead atoms. The highest BCUT2D eigenvalue weighted by Gasteiger charge is 2.63. The van der Waals surface area contributed by atoms with Crippen LogP contribution in [0.15, 0.2) is 24.6 Å². The lowest BCUT2D eigenvalue weighted by molar-refractivity contribution is -0.183. The lowest BCUT2D eigenvalue weighted by atomic mass is 9.38. The van der Waals surface area contributed by atoms with E-state index in [4.69, 9.17) is 8.23 Å². The summed E-state index contributed by atoms with van der Waals surface area (Å²) < 4.78 is 13.9. The number of hydrogen-bond acceptors (Lipinski definition) is 2. The van der Waals surface area contributed by atoms with Gasteiger partial charge in [-0.05, 0) is 92.5 Å². The van der Waals surface area contributed by atoms with E-state index in [1.54, 1.807) is 0 Å². The molecule has 0 aliphatic heterocycles. The van der Waals surface area contributed by atoms with Gasteiger partial charge in [0.15, 0.2) is 16.6 Å². The van der Waals surface area contributed by atoms with E-state index >= 15 is 0 Å². The first-order chi connectivity index (χ1) is 13.5. The van der Waals surface area contributed by atoms with Crippen molar-refractivity contribution in [1.29, 1.82) is 0 Å². The van der Waals surface area contributed by atoms with Gasteiger partial charge >= 0.3 is 8.56 Å². The Morgan fingerprint density at radius 3 is 1.87 bits per heavy atom. The third-order valence-electron chi connectivity index (χ3n) is 8.35. The van der Waals surface area contributed by atoms with Crippen molar-refractivity contribution >= 4 is 25.2 Å². The molecule has 0 amide bonds. The molecule has 2 nitrogen and oxygen atoms in total. The molecule has 0 aromatic carbocycles. The lowest BCUT2D eigenvalue weighted by Crippen LogP contribution is -2.63. The number of fused-ring (bicyclic) bond motifs is 2. The fraction of sp³-hybridized carbons (Fsp3) is 0.840. The van der Waals surface area contributed by atoms with Crippen LogP contribution in [-0.2, 0) is 8.23 Å². The maximum atomic E-state index is 6.94. The summed E-state index contributed by atoms with van der Waals surface area (Å²) in [5.74, 6) is 3.18. The van der Waals surface area contributed by atoms with Gasteiger partial charge in [-0.15, -0.1) is 13.2 Å². The highest BCUT2D eigenvalue weighted by atomic mass is 28.5. The molecule has 3 saturated carbocycles. The summed E-state index contributed by atoms with van der Waals surface area (Å²) in [6.45, 7) is 31.9. The molecule has 0 saturated heterocycles. The van der Waals surface area contributed by atoms with Gasteiger partial charge in [-0.25, -0.2) is 0 Å². The van der Waals surface area contributed by atoms with Crippen LogP contribution in [0.25, 0.3) is 0 Å².